The van der Waals surface area contributed by atoms with Crippen molar-refractivity contribution in [1.82, 2.24) is 24.8 Å². The minimum absolute atomic E-state index is 0.0726. The van der Waals surface area contributed by atoms with Crippen LogP contribution in [0.25, 0.3) is 11.5 Å². The van der Waals surface area contributed by atoms with Crippen molar-refractivity contribution >= 4 is 5.91 Å². The number of rotatable bonds is 3. The van der Waals surface area contributed by atoms with E-state index in [-0.39, 0.29) is 5.91 Å². The van der Waals surface area contributed by atoms with E-state index in [1.807, 2.05) is 17.9 Å². The highest BCUT2D eigenvalue weighted by Crippen LogP contribution is 2.21. The molecule has 6 nitrogen and oxygen atoms in total. The number of nitrogens with one attached hydrogen (secondary N) is 1. The lowest BCUT2D eigenvalue weighted by molar-refractivity contribution is -0.126. The molecular formula is C18H21N5O. The summed E-state index contributed by atoms with van der Waals surface area (Å²) in [5.74, 6) is 6.41. The Bertz CT molecular complexity index is 786. The van der Waals surface area contributed by atoms with E-state index in [1.165, 1.54) is 0 Å². The molecule has 1 unspecified atom stereocenters. The fourth-order valence-corrected chi connectivity index (χ4v) is 3.08. The summed E-state index contributed by atoms with van der Waals surface area (Å²) in [6, 6.07) is 1.98. The van der Waals surface area contributed by atoms with Crippen molar-refractivity contribution in [2.45, 2.75) is 33.1 Å². The highest BCUT2D eigenvalue weighted by atomic mass is 16.2. The molecule has 0 radical (unpaired) electrons. The van der Waals surface area contributed by atoms with Gasteiger partial charge in [-0.25, -0.2) is 15.0 Å². The normalized spacial score (nSPS) is 17.2. The van der Waals surface area contributed by atoms with Gasteiger partial charge in [0.15, 0.2) is 5.82 Å². The van der Waals surface area contributed by atoms with E-state index in [2.05, 4.69) is 31.8 Å². The van der Waals surface area contributed by atoms with Crippen LogP contribution in [0, 0.1) is 24.7 Å². The summed E-state index contributed by atoms with van der Waals surface area (Å²) in [4.78, 5) is 30.0. The van der Waals surface area contributed by atoms with Gasteiger partial charge in [0.05, 0.1) is 0 Å². The van der Waals surface area contributed by atoms with Gasteiger partial charge in [0.25, 0.3) is 5.91 Å². The molecule has 1 saturated heterocycles. The lowest BCUT2D eigenvalue weighted by Gasteiger charge is -2.31. The molecule has 1 amide bonds. The van der Waals surface area contributed by atoms with Crippen molar-refractivity contribution in [2.75, 3.05) is 13.1 Å². The maximum absolute atomic E-state index is 12.0. The van der Waals surface area contributed by atoms with Gasteiger partial charge in [0.2, 0.25) is 0 Å². The summed E-state index contributed by atoms with van der Waals surface area (Å²) in [5, 5.41) is 0. The Kier molecular flexibility index (Phi) is 4.90. The number of aromatic amines is 1. The summed E-state index contributed by atoms with van der Waals surface area (Å²) in [6.45, 7) is 5.20. The zero-order chi connectivity index (χ0) is 16.9. The van der Waals surface area contributed by atoms with Crippen LogP contribution in [0.4, 0.5) is 0 Å². The summed E-state index contributed by atoms with van der Waals surface area (Å²) < 4.78 is 0. The number of aromatic nitrogens is 4. The summed E-state index contributed by atoms with van der Waals surface area (Å²) in [7, 11) is 0. The number of imidazole rings is 1. The van der Waals surface area contributed by atoms with E-state index in [9.17, 15) is 4.79 Å². The summed E-state index contributed by atoms with van der Waals surface area (Å²) in [6.07, 6.45) is 6.31. The Hall–Kier alpha value is -2.68. The number of aryl methyl sites for hydroxylation is 1. The maximum atomic E-state index is 12.0. The van der Waals surface area contributed by atoms with Crippen molar-refractivity contribution in [2.24, 2.45) is 5.92 Å². The zero-order valence-electron chi connectivity index (χ0n) is 14.0. The minimum atomic E-state index is -0.0726. The molecule has 24 heavy (non-hydrogen) atoms. The van der Waals surface area contributed by atoms with Crippen molar-refractivity contribution in [1.29, 1.82) is 0 Å². The highest BCUT2D eigenvalue weighted by Gasteiger charge is 2.23. The van der Waals surface area contributed by atoms with Gasteiger partial charge in [0, 0.05) is 30.7 Å². The monoisotopic (exact) mass is 323 g/mol. The van der Waals surface area contributed by atoms with Gasteiger partial charge in [-0.2, -0.15) is 0 Å². The summed E-state index contributed by atoms with van der Waals surface area (Å²) >= 11 is 0. The predicted octanol–water partition coefficient (Wildman–Crippen LogP) is 1.98. The van der Waals surface area contributed by atoms with Crippen LogP contribution >= 0.6 is 0 Å². The molecule has 3 rings (SSSR count). The fourth-order valence-electron chi connectivity index (χ4n) is 3.08. The van der Waals surface area contributed by atoms with E-state index in [0.717, 1.165) is 55.3 Å². The van der Waals surface area contributed by atoms with Crippen LogP contribution in [0.5, 0.6) is 0 Å². The third kappa shape index (κ3) is 3.80. The largest absolute Gasteiger partial charge is 0.341 e. The van der Waals surface area contributed by atoms with Crippen LogP contribution in [0.2, 0.25) is 0 Å². The molecule has 6 heteroatoms. The molecule has 1 aliphatic heterocycles. The molecule has 0 aromatic carbocycles. The Labute approximate surface area is 141 Å². The van der Waals surface area contributed by atoms with Gasteiger partial charge < -0.3 is 9.88 Å². The van der Waals surface area contributed by atoms with Gasteiger partial charge in [-0.15, -0.1) is 0 Å². The number of nitrogens with zero attached hydrogens (tertiary/aromatic N) is 4. The van der Waals surface area contributed by atoms with Crippen molar-refractivity contribution in [3.8, 4) is 23.4 Å². The molecule has 0 spiro atoms. The van der Waals surface area contributed by atoms with Crippen LogP contribution in [-0.4, -0.2) is 43.8 Å². The van der Waals surface area contributed by atoms with Gasteiger partial charge in [-0.3, -0.25) is 4.79 Å². The van der Waals surface area contributed by atoms with Crippen molar-refractivity contribution in [3.05, 3.63) is 30.0 Å². The molecule has 1 atom stereocenters. The number of hydrogen-bond donors (Lipinski definition) is 1. The number of carbonyl (C=O) groups is 1. The third-order valence-corrected chi connectivity index (χ3v) is 4.21. The Morgan fingerprint density at radius 1 is 1.42 bits per heavy atom. The Morgan fingerprint density at radius 2 is 2.29 bits per heavy atom. The molecule has 0 bridgehead atoms. The first-order valence-corrected chi connectivity index (χ1v) is 8.20. The number of hydrogen-bond acceptors (Lipinski definition) is 4. The fraction of sp³-hybridized carbons (Fsp3) is 0.444. The molecular weight excluding hydrogens is 302 g/mol. The average Bonchev–Trinajstić information content (AvgIpc) is 3.02. The second-order valence-corrected chi connectivity index (χ2v) is 6.15. The molecule has 1 N–H and O–H groups in total. The number of likely N-dealkylation sites (tertiary alicyclic amines) is 1. The number of piperidine rings is 1. The molecule has 2 aromatic rings. The average molecular weight is 323 g/mol. The number of carbonyl (C=O) groups excluding carboxylic acids is 1. The van der Waals surface area contributed by atoms with Gasteiger partial charge in [0.1, 0.15) is 12.0 Å². The van der Waals surface area contributed by atoms with E-state index < -0.39 is 0 Å². The summed E-state index contributed by atoms with van der Waals surface area (Å²) in [5.41, 5.74) is 2.78. The smallest absolute Gasteiger partial charge is 0.298 e. The van der Waals surface area contributed by atoms with Crippen LogP contribution in [0.3, 0.4) is 0 Å². The predicted molar refractivity (Wildman–Crippen MR) is 90.8 cm³/mol. The lowest BCUT2D eigenvalue weighted by atomic mass is 9.93. The van der Waals surface area contributed by atoms with Gasteiger partial charge in [-0.1, -0.05) is 5.92 Å². The first-order chi connectivity index (χ1) is 11.7. The minimum Gasteiger partial charge on any atom is -0.341 e. The van der Waals surface area contributed by atoms with E-state index in [1.54, 1.807) is 19.4 Å². The molecule has 2 aromatic heterocycles. The first-order valence-electron chi connectivity index (χ1n) is 8.20. The maximum Gasteiger partial charge on any atom is 0.298 e. The lowest BCUT2D eigenvalue weighted by Crippen LogP contribution is -2.40. The second kappa shape index (κ2) is 7.26. The SMILES string of the molecule is CC#CC(=O)N1CCCC(Cc2cc(-c3ncc(C)[nH]3)ncn2)C1. The van der Waals surface area contributed by atoms with Crippen LogP contribution < -0.4 is 0 Å². The first kappa shape index (κ1) is 16.2. The second-order valence-electron chi connectivity index (χ2n) is 6.15. The van der Waals surface area contributed by atoms with Crippen LogP contribution in [0.1, 0.15) is 31.2 Å². The standard InChI is InChI=1S/C18H21N5O/c1-3-5-17(24)23-7-4-6-14(11-23)8-15-9-16(21-12-20-15)18-19-10-13(2)22-18/h9-10,12,14H,4,6-8,11H2,1-2H3,(H,19,22). The Balaban J connectivity index is 1.69. The molecule has 1 fully saturated rings. The van der Waals surface area contributed by atoms with E-state index >= 15 is 0 Å². The van der Waals surface area contributed by atoms with Crippen molar-refractivity contribution < 1.29 is 4.79 Å². The van der Waals surface area contributed by atoms with Crippen LogP contribution in [0.15, 0.2) is 18.6 Å². The molecule has 1 aliphatic rings. The molecule has 124 valence electrons. The van der Waals surface area contributed by atoms with Crippen LogP contribution in [-0.2, 0) is 11.2 Å². The number of H-pyrrole nitrogens is 1. The molecule has 0 saturated carbocycles. The zero-order valence-corrected chi connectivity index (χ0v) is 14.0. The molecule has 3 heterocycles. The van der Waals surface area contributed by atoms with E-state index in [0.29, 0.717) is 5.92 Å². The Morgan fingerprint density at radius 3 is 3.04 bits per heavy atom. The number of amides is 1. The topological polar surface area (TPSA) is 74.8 Å². The molecule has 0 aliphatic carbocycles. The van der Waals surface area contributed by atoms with Gasteiger partial charge in [-0.05, 0) is 51.0 Å². The third-order valence-electron chi connectivity index (χ3n) is 4.21. The van der Waals surface area contributed by atoms with Crippen molar-refractivity contribution in [3.63, 3.8) is 0 Å². The van der Waals surface area contributed by atoms with Gasteiger partial charge >= 0.3 is 0 Å². The highest BCUT2D eigenvalue weighted by molar-refractivity contribution is 5.93. The van der Waals surface area contributed by atoms with E-state index in [4.69, 9.17) is 0 Å². The quantitative estimate of drug-likeness (QED) is 0.877.